The Morgan fingerprint density at radius 2 is 2.38 bits per heavy atom. The number of aryl methyl sites for hydroxylation is 1. The Bertz CT molecular complexity index is 574. The number of aliphatic hydroxyl groups is 1. The molecule has 0 aromatic carbocycles. The third kappa shape index (κ3) is 1.77. The third-order valence-electron chi connectivity index (χ3n) is 2.35. The van der Waals surface area contributed by atoms with Gasteiger partial charge in [-0.1, -0.05) is 11.8 Å². The van der Waals surface area contributed by atoms with Crippen molar-refractivity contribution in [2.24, 2.45) is 0 Å². The second-order valence-electron chi connectivity index (χ2n) is 3.38. The van der Waals surface area contributed by atoms with Gasteiger partial charge in [0.05, 0.1) is 18.5 Å². The first-order chi connectivity index (χ1) is 7.69. The van der Waals surface area contributed by atoms with Crippen LogP contribution in [0.4, 0.5) is 0 Å². The summed E-state index contributed by atoms with van der Waals surface area (Å²) < 4.78 is 1.53. The van der Waals surface area contributed by atoms with Gasteiger partial charge >= 0.3 is 0 Å². The molecule has 1 N–H and O–H groups in total. The molecule has 4 nitrogen and oxygen atoms in total. The maximum Gasteiger partial charge on any atom is 0.263 e. The van der Waals surface area contributed by atoms with E-state index in [1.807, 2.05) is 18.6 Å². The normalized spacial score (nSPS) is 11.2. The van der Waals surface area contributed by atoms with Crippen LogP contribution in [-0.4, -0.2) is 27.5 Å². The number of aliphatic hydroxyl groups excluding tert-OH is 1. The van der Waals surface area contributed by atoms with Gasteiger partial charge in [0.25, 0.3) is 5.56 Å². The molecule has 0 fully saturated rings. The molecule has 0 amide bonds. The number of aromatic nitrogens is 2. The molecule has 0 atom stereocenters. The van der Waals surface area contributed by atoms with E-state index in [-0.39, 0.29) is 12.2 Å². The Kier molecular flexibility index (Phi) is 3.32. The topological polar surface area (TPSA) is 55.1 Å². The fourth-order valence-electron chi connectivity index (χ4n) is 1.60. The smallest absolute Gasteiger partial charge is 0.263 e. The minimum absolute atomic E-state index is 0.0517. The first kappa shape index (κ1) is 11.6. The summed E-state index contributed by atoms with van der Waals surface area (Å²) in [5, 5.41) is 12.2. The van der Waals surface area contributed by atoms with Gasteiger partial charge in [-0.15, -0.1) is 11.3 Å². The molecule has 0 saturated heterocycles. The van der Waals surface area contributed by atoms with Crippen molar-refractivity contribution in [3.63, 3.8) is 0 Å². The predicted octanol–water partition coefficient (Wildman–Crippen LogP) is 1.48. The van der Waals surface area contributed by atoms with E-state index in [9.17, 15) is 4.79 Å². The van der Waals surface area contributed by atoms with Crippen molar-refractivity contribution < 1.29 is 5.11 Å². The van der Waals surface area contributed by atoms with E-state index in [0.717, 1.165) is 10.4 Å². The van der Waals surface area contributed by atoms with E-state index in [0.29, 0.717) is 17.1 Å². The highest BCUT2D eigenvalue weighted by Crippen LogP contribution is 2.22. The molecule has 6 heteroatoms. The second kappa shape index (κ2) is 4.57. The number of thioether (sulfide) groups is 1. The summed E-state index contributed by atoms with van der Waals surface area (Å²) in [4.78, 5) is 17.4. The Balaban J connectivity index is 2.80. The minimum atomic E-state index is -0.0536. The first-order valence-electron chi connectivity index (χ1n) is 4.82. The van der Waals surface area contributed by atoms with Crippen LogP contribution in [0, 0.1) is 6.92 Å². The monoisotopic (exact) mass is 256 g/mol. The third-order valence-corrected chi connectivity index (χ3v) is 4.02. The molecule has 0 unspecified atom stereocenters. The number of fused-ring (bicyclic) bond motifs is 1. The van der Waals surface area contributed by atoms with Crippen LogP contribution in [0.25, 0.3) is 10.2 Å². The lowest BCUT2D eigenvalue weighted by Crippen LogP contribution is -2.24. The summed E-state index contributed by atoms with van der Waals surface area (Å²) >= 11 is 2.91. The van der Waals surface area contributed by atoms with Crippen molar-refractivity contribution in [1.29, 1.82) is 0 Å². The lowest BCUT2D eigenvalue weighted by Gasteiger charge is -2.08. The number of rotatable bonds is 3. The highest BCUT2D eigenvalue weighted by Gasteiger charge is 2.12. The molecule has 2 rings (SSSR count). The molecule has 0 aliphatic heterocycles. The minimum Gasteiger partial charge on any atom is -0.395 e. The van der Waals surface area contributed by atoms with Gasteiger partial charge in [0.15, 0.2) is 5.16 Å². The SMILES string of the molecule is CSc1nc2scc(C)c2c(=O)n1CCO. The van der Waals surface area contributed by atoms with Gasteiger partial charge in [-0.2, -0.15) is 0 Å². The molecule has 86 valence electrons. The van der Waals surface area contributed by atoms with Crippen LogP contribution in [0.2, 0.25) is 0 Å². The lowest BCUT2D eigenvalue weighted by atomic mass is 10.3. The van der Waals surface area contributed by atoms with Gasteiger partial charge in [0, 0.05) is 0 Å². The standard InChI is InChI=1S/C10H12N2O2S2/c1-6-5-16-8-7(6)9(14)12(3-4-13)10(11-8)15-2/h5,13H,3-4H2,1-2H3. The van der Waals surface area contributed by atoms with Crippen molar-refractivity contribution in [1.82, 2.24) is 9.55 Å². The summed E-state index contributed by atoms with van der Waals surface area (Å²) in [6.45, 7) is 2.15. The Labute approximate surface area is 101 Å². The zero-order valence-corrected chi connectivity index (χ0v) is 10.7. The highest BCUT2D eigenvalue weighted by atomic mass is 32.2. The lowest BCUT2D eigenvalue weighted by molar-refractivity contribution is 0.268. The van der Waals surface area contributed by atoms with E-state index in [1.54, 1.807) is 0 Å². The predicted molar refractivity (Wildman–Crippen MR) is 67.5 cm³/mol. The Hall–Kier alpha value is -0.850. The zero-order valence-electron chi connectivity index (χ0n) is 9.06. The summed E-state index contributed by atoms with van der Waals surface area (Å²) in [5.74, 6) is 0. The molecule has 0 radical (unpaired) electrons. The molecule has 0 saturated carbocycles. The van der Waals surface area contributed by atoms with Crippen LogP contribution in [0.5, 0.6) is 0 Å². The largest absolute Gasteiger partial charge is 0.395 e. The highest BCUT2D eigenvalue weighted by molar-refractivity contribution is 7.98. The fraction of sp³-hybridized carbons (Fsp3) is 0.400. The van der Waals surface area contributed by atoms with E-state index in [2.05, 4.69) is 4.98 Å². The van der Waals surface area contributed by atoms with Crippen molar-refractivity contribution in [2.75, 3.05) is 12.9 Å². The van der Waals surface area contributed by atoms with Gasteiger partial charge in [0.2, 0.25) is 0 Å². The van der Waals surface area contributed by atoms with E-state index < -0.39 is 0 Å². The van der Waals surface area contributed by atoms with Gasteiger partial charge in [0.1, 0.15) is 4.83 Å². The molecule has 0 bridgehead atoms. The van der Waals surface area contributed by atoms with Crippen molar-refractivity contribution >= 4 is 33.3 Å². The van der Waals surface area contributed by atoms with E-state index in [4.69, 9.17) is 5.11 Å². The van der Waals surface area contributed by atoms with Crippen LogP contribution in [-0.2, 0) is 6.54 Å². The van der Waals surface area contributed by atoms with Crippen LogP contribution >= 0.6 is 23.1 Å². The average molecular weight is 256 g/mol. The maximum absolute atomic E-state index is 12.2. The molecule has 0 aliphatic rings. The molecular weight excluding hydrogens is 244 g/mol. The molecule has 2 heterocycles. The summed E-state index contributed by atoms with van der Waals surface area (Å²) in [6.07, 6.45) is 1.88. The molecule has 2 aromatic heterocycles. The number of hydrogen-bond acceptors (Lipinski definition) is 5. The summed E-state index contributed by atoms with van der Waals surface area (Å²) in [5.41, 5.74) is 0.902. The van der Waals surface area contributed by atoms with Gasteiger partial charge in [-0.25, -0.2) is 4.98 Å². The molecule has 2 aromatic rings. The van der Waals surface area contributed by atoms with Crippen molar-refractivity contribution in [3.8, 4) is 0 Å². The molecule has 0 aliphatic carbocycles. The number of nitrogens with zero attached hydrogens (tertiary/aromatic N) is 2. The van der Waals surface area contributed by atoms with Crippen molar-refractivity contribution in [2.45, 2.75) is 18.6 Å². The van der Waals surface area contributed by atoms with Crippen LogP contribution in [0.1, 0.15) is 5.56 Å². The summed E-state index contributed by atoms with van der Waals surface area (Å²) in [6, 6.07) is 0. The molecule has 16 heavy (non-hydrogen) atoms. The van der Waals surface area contributed by atoms with Crippen LogP contribution in [0.3, 0.4) is 0 Å². The maximum atomic E-state index is 12.2. The van der Waals surface area contributed by atoms with Crippen LogP contribution < -0.4 is 5.56 Å². The Morgan fingerprint density at radius 1 is 1.62 bits per heavy atom. The summed E-state index contributed by atoms with van der Waals surface area (Å²) in [7, 11) is 0. The quantitative estimate of drug-likeness (QED) is 0.667. The van der Waals surface area contributed by atoms with Gasteiger partial charge < -0.3 is 5.11 Å². The van der Waals surface area contributed by atoms with E-state index in [1.165, 1.54) is 27.7 Å². The van der Waals surface area contributed by atoms with Crippen molar-refractivity contribution in [3.05, 3.63) is 21.3 Å². The average Bonchev–Trinajstić information content (AvgIpc) is 2.64. The van der Waals surface area contributed by atoms with Crippen LogP contribution in [0.15, 0.2) is 15.3 Å². The second-order valence-corrected chi connectivity index (χ2v) is 5.01. The molecular formula is C10H12N2O2S2. The first-order valence-corrected chi connectivity index (χ1v) is 6.93. The molecule has 0 spiro atoms. The number of hydrogen-bond donors (Lipinski definition) is 1. The van der Waals surface area contributed by atoms with E-state index >= 15 is 0 Å². The zero-order chi connectivity index (χ0) is 11.7. The Morgan fingerprint density at radius 3 is 3.00 bits per heavy atom. The number of thiophene rings is 1. The fourth-order valence-corrected chi connectivity index (χ4v) is 3.14. The van der Waals surface area contributed by atoms with Gasteiger partial charge in [-0.3, -0.25) is 9.36 Å². The van der Waals surface area contributed by atoms with Gasteiger partial charge in [-0.05, 0) is 24.1 Å².